The highest BCUT2D eigenvalue weighted by Gasteiger charge is 2.21. The standard InChI is InChI=1S/C7H14N2O/c1-6(2)9-4-3-8-7(10)5-9/h6H,3-5H2,1-2H3,(H,8,10)/p+1. The van der Waals surface area contributed by atoms with Crippen molar-refractivity contribution in [3.05, 3.63) is 0 Å². The van der Waals surface area contributed by atoms with Gasteiger partial charge in [0.25, 0.3) is 5.91 Å². The van der Waals surface area contributed by atoms with Crippen molar-refractivity contribution in [2.45, 2.75) is 19.9 Å². The highest BCUT2D eigenvalue weighted by atomic mass is 16.2. The minimum atomic E-state index is 0.190. The van der Waals surface area contributed by atoms with Gasteiger partial charge in [0.05, 0.1) is 19.1 Å². The van der Waals surface area contributed by atoms with Gasteiger partial charge in [0, 0.05) is 0 Å². The minimum absolute atomic E-state index is 0.190. The van der Waals surface area contributed by atoms with Crippen LogP contribution in [-0.2, 0) is 4.79 Å². The molecule has 0 saturated carbocycles. The van der Waals surface area contributed by atoms with Gasteiger partial charge in [-0.25, -0.2) is 0 Å². The Kier molecular flexibility index (Phi) is 2.27. The molecule has 2 N–H and O–H groups in total. The Morgan fingerprint density at radius 2 is 2.30 bits per heavy atom. The second-order valence-electron chi connectivity index (χ2n) is 3.09. The molecule has 1 unspecified atom stereocenters. The molecule has 1 aliphatic heterocycles. The maximum atomic E-state index is 10.8. The number of rotatable bonds is 1. The summed E-state index contributed by atoms with van der Waals surface area (Å²) in [6.07, 6.45) is 0. The van der Waals surface area contributed by atoms with Gasteiger partial charge in [0.15, 0.2) is 6.54 Å². The first kappa shape index (κ1) is 7.54. The average molecular weight is 143 g/mol. The van der Waals surface area contributed by atoms with Crippen molar-refractivity contribution in [3.63, 3.8) is 0 Å². The fourth-order valence-corrected chi connectivity index (χ4v) is 1.21. The summed E-state index contributed by atoms with van der Waals surface area (Å²) in [5.74, 6) is 0.190. The van der Waals surface area contributed by atoms with Crippen LogP contribution in [0.1, 0.15) is 13.8 Å². The third-order valence-corrected chi connectivity index (χ3v) is 1.97. The van der Waals surface area contributed by atoms with Crippen LogP contribution in [0.25, 0.3) is 0 Å². The molecule has 0 radical (unpaired) electrons. The van der Waals surface area contributed by atoms with E-state index in [1.807, 2.05) is 0 Å². The number of carbonyl (C=O) groups excluding carboxylic acids is 1. The Balaban J connectivity index is 2.39. The molecule has 10 heavy (non-hydrogen) atoms. The van der Waals surface area contributed by atoms with Gasteiger partial charge in [-0.05, 0) is 13.8 Å². The lowest BCUT2D eigenvalue weighted by molar-refractivity contribution is -0.915. The van der Waals surface area contributed by atoms with Crippen LogP contribution in [-0.4, -0.2) is 31.6 Å². The number of carbonyl (C=O) groups is 1. The van der Waals surface area contributed by atoms with E-state index in [1.54, 1.807) is 0 Å². The zero-order valence-electron chi connectivity index (χ0n) is 6.61. The molecular weight excluding hydrogens is 128 g/mol. The van der Waals surface area contributed by atoms with Crippen LogP contribution in [0.5, 0.6) is 0 Å². The Hall–Kier alpha value is -0.570. The summed E-state index contributed by atoms with van der Waals surface area (Å²) >= 11 is 0. The predicted octanol–water partition coefficient (Wildman–Crippen LogP) is -1.59. The van der Waals surface area contributed by atoms with E-state index in [4.69, 9.17) is 0 Å². The Bertz CT molecular complexity index is 134. The molecule has 0 spiro atoms. The van der Waals surface area contributed by atoms with Gasteiger partial charge in [-0.3, -0.25) is 4.79 Å². The molecule has 1 rings (SSSR count). The summed E-state index contributed by atoms with van der Waals surface area (Å²) in [6.45, 7) is 6.86. The Labute approximate surface area is 61.4 Å². The summed E-state index contributed by atoms with van der Waals surface area (Å²) in [6, 6.07) is 0.575. The maximum Gasteiger partial charge on any atom is 0.275 e. The molecule has 0 aromatic heterocycles. The van der Waals surface area contributed by atoms with Gasteiger partial charge >= 0.3 is 0 Å². The normalized spacial score (nSPS) is 26.7. The molecule has 1 heterocycles. The first-order chi connectivity index (χ1) is 4.70. The lowest BCUT2D eigenvalue weighted by Crippen LogP contribution is -3.18. The number of nitrogens with one attached hydrogen (secondary N) is 2. The second kappa shape index (κ2) is 3.01. The van der Waals surface area contributed by atoms with E-state index in [9.17, 15) is 4.79 Å². The fourth-order valence-electron chi connectivity index (χ4n) is 1.21. The van der Waals surface area contributed by atoms with Crippen LogP contribution >= 0.6 is 0 Å². The summed E-state index contributed by atoms with van der Waals surface area (Å²) in [4.78, 5) is 12.2. The molecule has 1 saturated heterocycles. The molecule has 0 aromatic carbocycles. The summed E-state index contributed by atoms with van der Waals surface area (Å²) < 4.78 is 0. The van der Waals surface area contributed by atoms with Gasteiger partial charge in [-0.2, -0.15) is 0 Å². The SMILES string of the molecule is CC(C)[NH+]1CCNC(=O)C1. The topological polar surface area (TPSA) is 33.5 Å². The second-order valence-corrected chi connectivity index (χ2v) is 3.09. The van der Waals surface area contributed by atoms with Crippen molar-refractivity contribution in [2.24, 2.45) is 0 Å². The summed E-state index contributed by atoms with van der Waals surface area (Å²) in [5.41, 5.74) is 0. The van der Waals surface area contributed by atoms with Crippen LogP contribution < -0.4 is 10.2 Å². The van der Waals surface area contributed by atoms with Crippen molar-refractivity contribution >= 4 is 5.91 Å². The van der Waals surface area contributed by atoms with E-state index in [2.05, 4.69) is 19.2 Å². The van der Waals surface area contributed by atoms with Gasteiger partial charge in [0.2, 0.25) is 0 Å². The minimum Gasteiger partial charge on any atom is -0.346 e. The fraction of sp³-hybridized carbons (Fsp3) is 0.857. The van der Waals surface area contributed by atoms with Crippen molar-refractivity contribution < 1.29 is 9.69 Å². The van der Waals surface area contributed by atoms with Gasteiger partial charge in [-0.1, -0.05) is 0 Å². The van der Waals surface area contributed by atoms with E-state index in [-0.39, 0.29) is 5.91 Å². The molecule has 1 aliphatic rings. The quantitative estimate of drug-likeness (QED) is 0.456. The lowest BCUT2D eigenvalue weighted by atomic mass is 10.2. The molecule has 0 aliphatic carbocycles. The summed E-state index contributed by atoms with van der Waals surface area (Å²) in [7, 11) is 0. The van der Waals surface area contributed by atoms with Crippen molar-refractivity contribution in [1.82, 2.24) is 5.32 Å². The predicted molar refractivity (Wildman–Crippen MR) is 38.8 cm³/mol. The van der Waals surface area contributed by atoms with Crippen LogP contribution in [0.4, 0.5) is 0 Å². The van der Waals surface area contributed by atoms with Gasteiger partial charge in [0.1, 0.15) is 0 Å². The highest BCUT2D eigenvalue weighted by Crippen LogP contribution is 1.73. The van der Waals surface area contributed by atoms with Crippen molar-refractivity contribution in [3.8, 4) is 0 Å². The largest absolute Gasteiger partial charge is 0.346 e. The van der Waals surface area contributed by atoms with Crippen LogP contribution in [0.3, 0.4) is 0 Å². The molecule has 0 aromatic rings. The number of piperazine rings is 1. The molecule has 3 nitrogen and oxygen atoms in total. The van der Waals surface area contributed by atoms with Crippen LogP contribution in [0.2, 0.25) is 0 Å². The Morgan fingerprint density at radius 1 is 1.60 bits per heavy atom. The zero-order chi connectivity index (χ0) is 7.56. The van der Waals surface area contributed by atoms with E-state index in [0.29, 0.717) is 12.6 Å². The van der Waals surface area contributed by atoms with E-state index >= 15 is 0 Å². The zero-order valence-corrected chi connectivity index (χ0v) is 6.61. The first-order valence-corrected chi connectivity index (χ1v) is 3.81. The van der Waals surface area contributed by atoms with Crippen LogP contribution in [0.15, 0.2) is 0 Å². The number of hydrogen-bond acceptors (Lipinski definition) is 1. The highest BCUT2D eigenvalue weighted by molar-refractivity contribution is 5.77. The van der Waals surface area contributed by atoms with Gasteiger partial charge < -0.3 is 10.2 Å². The average Bonchev–Trinajstić information content (AvgIpc) is 1.88. The number of amides is 1. The first-order valence-electron chi connectivity index (χ1n) is 3.81. The maximum absolute atomic E-state index is 10.8. The monoisotopic (exact) mass is 143 g/mol. The molecule has 58 valence electrons. The van der Waals surface area contributed by atoms with E-state index in [1.165, 1.54) is 4.90 Å². The smallest absolute Gasteiger partial charge is 0.275 e. The van der Waals surface area contributed by atoms with Crippen molar-refractivity contribution in [2.75, 3.05) is 19.6 Å². The molecule has 0 bridgehead atoms. The van der Waals surface area contributed by atoms with Gasteiger partial charge in [-0.15, -0.1) is 0 Å². The molecule has 1 amide bonds. The summed E-state index contributed by atoms with van der Waals surface area (Å²) in [5, 5.41) is 2.81. The number of quaternary nitrogens is 1. The third kappa shape index (κ3) is 1.70. The lowest BCUT2D eigenvalue weighted by Gasteiger charge is -2.26. The van der Waals surface area contributed by atoms with E-state index in [0.717, 1.165) is 13.1 Å². The Morgan fingerprint density at radius 3 is 2.70 bits per heavy atom. The third-order valence-electron chi connectivity index (χ3n) is 1.97. The van der Waals surface area contributed by atoms with Crippen LogP contribution in [0, 0.1) is 0 Å². The molecule has 3 heteroatoms. The van der Waals surface area contributed by atoms with E-state index < -0.39 is 0 Å². The van der Waals surface area contributed by atoms with Crippen molar-refractivity contribution in [1.29, 1.82) is 0 Å². The number of hydrogen-bond donors (Lipinski definition) is 2. The molecule has 1 atom stereocenters. The molecular formula is C7H15N2O+. The molecule has 1 fully saturated rings.